The predicted molar refractivity (Wildman–Crippen MR) is 74.2 cm³/mol. The van der Waals surface area contributed by atoms with Crippen LogP contribution in [0.15, 0.2) is 24.3 Å². The van der Waals surface area contributed by atoms with E-state index < -0.39 is 11.0 Å². The Morgan fingerprint density at radius 2 is 2.11 bits per heavy atom. The predicted octanol–water partition coefficient (Wildman–Crippen LogP) is 2.60. The van der Waals surface area contributed by atoms with E-state index in [1.54, 1.807) is 17.5 Å². The third kappa shape index (κ3) is 5.91. The summed E-state index contributed by atoms with van der Waals surface area (Å²) in [5.41, 5.74) is 0.702. The number of unbranched alkanes of at least 4 members (excludes halogenated alkanes) is 1. The fourth-order valence-corrected chi connectivity index (χ4v) is 1.46. The molecule has 0 radical (unpaired) electrons. The summed E-state index contributed by atoms with van der Waals surface area (Å²) < 4.78 is 4.95. The molecule has 0 fully saturated rings. The van der Waals surface area contributed by atoms with Crippen molar-refractivity contribution in [1.29, 1.82) is 0 Å². The molecule has 1 N–H and O–H groups in total. The number of alkyl carbamates (subject to hydrolysis) is 1. The Bertz CT molecular complexity index is 448. The van der Waals surface area contributed by atoms with Crippen LogP contribution in [0.4, 0.5) is 10.5 Å². The van der Waals surface area contributed by atoms with Gasteiger partial charge in [-0.05, 0) is 35.9 Å². The van der Waals surface area contributed by atoms with Crippen LogP contribution in [0.1, 0.15) is 18.4 Å². The normalized spacial score (nSPS) is 9.68. The Morgan fingerprint density at radius 3 is 2.68 bits per heavy atom. The lowest BCUT2D eigenvalue weighted by Gasteiger charge is -2.06. The van der Waals surface area contributed by atoms with Gasteiger partial charge in [-0.25, -0.2) is 4.79 Å². The Labute approximate surface area is 115 Å². The third-order valence-corrected chi connectivity index (χ3v) is 2.52. The van der Waals surface area contributed by atoms with E-state index in [2.05, 4.69) is 17.5 Å². The molecule has 0 aromatic heterocycles. The molecule has 0 saturated heterocycles. The lowest BCUT2D eigenvalue weighted by atomic mass is 10.2. The lowest BCUT2D eigenvalue weighted by Crippen LogP contribution is -2.25. The van der Waals surface area contributed by atoms with Crippen molar-refractivity contribution in [2.24, 2.45) is 0 Å². The van der Waals surface area contributed by atoms with Crippen LogP contribution in [-0.4, -0.2) is 22.9 Å². The smallest absolute Gasteiger partial charge is 0.407 e. The van der Waals surface area contributed by atoms with E-state index in [9.17, 15) is 14.9 Å². The first kappa shape index (κ1) is 15.0. The molecule has 0 aliphatic carbocycles. The summed E-state index contributed by atoms with van der Waals surface area (Å²) in [5.74, 6) is 0. The van der Waals surface area contributed by atoms with Crippen LogP contribution < -0.4 is 5.32 Å². The summed E-state index contributed by atoms with van der Waals surface area (Å²) in [6.45, 7) is 0.587. The van der Waals surface area contributed by atoms with Crippen LogP contribution in [0.2, 0.25) is 0 Å². The number of hydrogen-bond acceptors (Lipinski definition) is 5. The van der Waals surface area contributed by atoms with Crippen molar-refractivity contribution in [2.45, 2.75) is 19.4 Å². The molecule has 0 bridgehead atoms. The number of nitrogens with one attached hydrogen (secondary N) is 1. The lowest BCUT2D eigenvalue weighted by molar-refractivity contribution is -0.384. The number of thiocarbonyl (C=S) groups is 1. The zero-order valence-electron chi connectivity index (χ0n) is 10.2. The first-order chi connectivity index (χ1) is 9.13. The van der Waals surface area contributed by atoms with E-state index in [-0.39, 0.29) is 12.3 Å². The van der Waals surface area contributed by atoms with Gasteiger partial charge in [0.2, 0.25) is 0 Å². The average Bonchev–Trinajstić information content (AvgIpc) is 2.42. The highest BCUT2D eigenvalue weighted by Crippen LogP contribution is 2.12. The van der Waals surface area contributed by atoms with Gasteiger partial charge in [0.1, 0.15) is 6.61 Å². The maximum Gasteiger partial charge on any atom is 0.407 e. The van der Waals surface area contributed by atoms with Crippen molar-refractivity contribution in [3.05, 3.63) is 39.9 Å². The fourth-order valence-electron chi connectivity index (χ4n) is 1.29. The molecular weight excluding hydrogens is 268 g/mol. The Hall–Kier alpha value is -2.02. The maximum absolute atomic E-state index is 11.3. The van der Waals surface area contributed by atoms with Gasteiger partial charge in [-0.15, -0.1) is 0 Å². The highest BCUT2D eigenvalue weighted by Gasteiger charge is 2.05. The van der Waals surface area contributed by atoms with Crippen molar-refractivity contribution in [3.63, 3.8) is 0 Å². The molecule has 1 amide bonds. The van der Waals surface area contributed by atoms with Crippen LogP contribution in [0.25, 0.3) is 0 Å². The van der Waals surface area contributed by atoms with E-state index >= 15 is 0 Å². The van der Waals surface area contributed by atoms with E-state index in [1.807, 2.05) is 0 Å². The number of amides is 1. The molecule has 1 rings (SSSR count). The summed E-state index contributed by atoms with van der Waals surface area (Å²) in [4.78, 5) is 21.2. The van der Waals surface area contributed by atoms with Gasteiger partial charge in [0.05, 0.1) is 4.92 Å². The number of carbonyl (C=O) groups excluding carboxylic acids is 1. The van der Waals surface area contributed by atoms with Gasteiger partial charge >= 0.3 is 6.09 Å². The topological polar surface area (TPSA) is 81.5 Å². The van der Waals surface area contributed by atoms with Gasteiger partial charge in [0.25, 0.3) is 5.69 Å². The summed E-state index contributed by atoms with van der Waals surface area (Å²) >= 11 is 4.66. The Balaban J connectivity index is 2.29. The fraction of sp³-hybridized carbons (Fsp3) is 0.333. The summed E-state index contributed by atoms with van der Waals surface area (Å²) in [6.07, 6.45) is 1.02. The molecule has 0 spiro atoms. The standard InChI is InChI=1S/C12H14N2O4S/c15-12(13-7-1-2-8-19)18-9-10-3-5-11(6-4-10)14(16)17/h3-6,8H,1-2,7,9H2,(H,13,15). The summed E-state index contributed by atoms with van der Waals surface area (Å²) in [7, 11) is 0. The van der Waals surface area contributed by atoms with Crippen molar-refractivity contribution >= 4 is 29.4 Å². The largest absolute Gasteiger partial charge is 0.445 e. The number of rotatable bonds is 7. The number of benzene rings is 1. The second-order valence-corrected chi connectivity index (χ2v) is 4.07. The molecule has 1 aromatic rings. The first-order valence-corrected chi connectivity index (χ1v) is 6.18. The second kappa shape index (κ2) is 8.15. The average molecular weight is 282 g/mol. The number of hydrogen-bond donors (Lipinski definition) is 1. The molecule has 6 nitrogen and oxygen atoms in total. The minimum Gasteiger partial charge on any atom is -0.445 e. The zero-order chi connectivity index (χ0) is 14.1. The van der Waals surface area contributed by atoms with Gasteiger partial charge in [-0.2, -0.15) is 0 Å². The Kier molecular flexibility index (Phi) is 6.45. The van der Waals surface area contributed by atoms with Crippen LogP contribution in [0, 0.1) is 10.1 Å². The molecule has 1 aromatic carbocycles. The monoisotopic (exact) mass is 282 g/mol. The van der Waals surface area contributed by atoms with E-state index in [0.717, 1.165) is 12.8 Å². The zero-order valence-corrected chi connectivity index (χ0v) is 11.0. The van der Waals surface area contributed by atoms with Gasteiger partial charge in [-0.1, -0.05) is 12.2 Å². The van der Waals surface area contributed by atoms with E-state index in [4.69, 9.17) is 4.74 Å². The van der Waals surface area contributed by atoms with Crippen molar-refractivity contribution in [3.8, 4) is 0 Å². The maximum atomic E-state index is 11.3. The van der Waals surface area contributed by atoms with Crippen LogP contribution in [-0.2, 0) is 11.3 Å². The number of carbonyl (C=O) groups is 1. The number of non-ortho nitro benzene ring substituents is 1. The van der Waals surface area contributed by atoms with Crippen LogP contribution in [0.5, 0.6) is 0 Å². The molecule has 0 atom stereocenters. The van der Waals surface area contributed by atoms with E-state index in [0.29, 0.717) is 12.1 Å². The molecular formula is C12H14N2O4S. The minimum atomic E-state index is -0.511. The third-order valence-electron chi connectivity index (χ3n) is 2.29. The minimum absolute atomic E-state index is 0.00775. The number of nitro benzene ring substituents is 1. The number of nitro groups is 1. The molecule has 0 aliphatic rings. The van der Waals surface area contributed by atoms with Crippen LogP contribution in [0.3, 0.4) is 0 Å². The van der Waals surface area contributed by atoms with Crippen molar-refractivity contribution in [1.82, 2.24) is 5.32 Å². The molecule has 7 heteroatoms. The van der Waals surface area contributed by atoms with Gasteiger partial charge < -0.3 is 10.1 Å². The molecule has 0 unspecified atom stereocenters. The number of ether oxygens (including phenoxy) is 1. The quantitative estimate of drug-likeness (QED) is 0.360. The summed E-state index contributed by atoms with van der Waals surface area (Å²) in [5, 5.41) is 14.6. The molecule has 0 heterocycles. The first-order valence-electron chi connectivity index (χ1n) is 5.71. The summed E-state index contributed by atoms with van der Waals surface area (Å²) in [6, 6.07) is 5.85. The van der Waals surface area contributed by atoms with Gasteiger partial charge in [-0.3, -0.25) is 10.1 Å². The van der Waals surface area contributed by atoms with Gasteiger partial charge in [0, 0.05) is 18.7 Å². The van der Waals surface area contributed by atoms with Gasteiger partial charge in [0.15, 0.2) is 0 Å². The van der Waals surface area contributed by atoms with Crippen molar-refractivity contribution < 1.29 is 14.5 Å². The molecule has 19 heavy (non-hydrogen) atoms. The molecule has 102 valence electrons. The van der Waals surface area contributed by atoms with Crippen molar-refractivity contribution in [2.75, 3.05) is 6.54 Å². The SMILES string of the molecule is O=C(NCCCC=S)OCc1ccc([N+](=O)[O-])cc1. The highest BCUT2D eigenvalue weighted by atomic mass is 32.1. The second-order valence-electron chi connectivity index (χ2n) is 3.74. The Morgan fingerprint density at radius 1 is 1.42 bits per heavy atom. The molecule has 0 aliphatic heterocycles. The van der Waals surface area contributed by atoms with E-state index in [1.165, 1.54) is 12.1 Å². The van der Waals surface area contributed by atoms with Crippen LogP contribution >= 0.6 is 12.2 Å². The number of nitrogens with zero attached hydrogens (tertiary/aromatic N) is 1. The molecule has 0 saturated carbocycles. The highest BCUT2D eigenvalue weighted by molar-refractivity contribution is 7.78.